The van der Waals surface area contributed by atoms with Crippen molar-refractivity contribution in [3.05, 3.63) is 0 Å². The average molecular weight is 238 g/mol. The van der Waals surface area contributed by atoms with Crippen LogP contribution >= 0.6 is 0 Å². The maximum atomic E-state index is 11.3. The highest BCUT2D eigenvalue weighted by molar-refractivity contribution is 7.90. The fourth-order valence-electron chi connectivity index (χ4n) is 0.808. The Morgan fingerprint density at radius 2 is 2.14 bits per heavy atom. The number of hydrogen-bond donors (Lipinski definition) is 1. The van der Waals surface area contributed by atoms with Crippen LogP contribution in [0.4, 0.5) is 0 Å². The molecule has 0 rings (SSSR count). The third kappa shape index (κ3) is 4.69. The van der Waals surface area contributed by atoms with E-state index in [1.807, 2.05) is 0 Å². The summed E-state index contributed by atoms with van der Waals surface area (Å²) in [5, 5.41) is 7.52. The molecule has 0 aromatic heterocycles. The minimum absolute atomic E-state index is 0.115. The molecule has 0 saturated carbocycles. The molecule has 0 spiro atoms. The van der Waals surface area contributed by atoms with Gasteiger partial charge in [-0.05, 0) is 6.42 Å². The second-order valence-corrected chi connectivity index (χ2v) is 6.25. The summed E-state index contributed by atoms with van der Waals surface area (Å²) in [5.74, 6) is 0.265. The van der Waals surface area contributed by atoms with E-state index in [-0.39, 0.29) is 18.7 Å². The van der Waals surface area contributed by atoms with Gasteiger partial charge in [-0.3, -0.25) is 4.21 Å². The summed E-state index contributed by atoms with van der Waals surface area (Å²) in [6.45, 7) is 1.74. The average Bonchev–Trinajstić information content (AvgIpc) is 2.04. The fraction of sp³-hybridized carbons (Fsp3) is 0.857. The van der Waals surface area contributed by atoms with Gasteiger partial charge in [-0.15, -0.1) is 0 Å². The van der Waals surface area contributed by atoms with Gasteiger partial charge >= 0.3 is 0 Å². The Morgan fingerprint density at radius 1 is 1.57 bits per heavy atom. The Hall–Kier alpha value is -0.450. The molecule has 0 heterocycles. The minimum atomic E-state index is -3.56. The third-order valence-corrected chi connectivity index (χ3v) is 4.16. The molecule has 0 aromatic rings. The molecule has 2 atom stereocenters. The smallest absolute Gasteiger partial charge is 0.227 e. The Morgan fingerprint density at radius 3 is 2.50 bits per heavy atom. The van der Waals surface area contributed by atoms with Crippen molar-refractivity contribution in [2.75, 3.05) is 18.6 Å². The molecule has 1 N–H and O–H groups in total. The Kier molecular flexibility index (Phi) is 5.92. The van der Waals surface area contributed by atoms with E-state index in [4.69, 9.17) is 5.26 Å². The maximum absolute atomic E-state index is 11.3. The van der Waals surface area contributed by atoms with Crippen LogP contribution in [0.25, 0.3) is 0 Å². The standard InChI is InChI=1S/C7H14N2O3S2/c1-3-7(6-8)14(11,12)9-4-5-13(2)10/h7,9H,3-5H2,1-2H3. The van der Waals surface area contributed by atoms with Gasteiger partial charge in [0.1, 0.15) is 0 Å². The highest BCUT2D eigenvalue weighted by Gasteiger charge is 2.22. The van der Waals surface area contributed by atoms with Gasteiger partial charge in [-0.25, -0.2) is 13.1 Å². The van der Waals surface area contributed by atoms with Crippen molar-refractivity contribution in [2.45, 2.75) is 18.6 Å². The third-order valence-electron chi connectivity index (χ3n) is 1.58. The van der Waals surface area contributed by atoms with Crippen molar-refractivity contribution >= 4 is 20.8 Å². The van der Waals surface area contributed by atoms with Gasteiger partial charge in [0.25, 0.3) is 0 Å². The Balaban J connectivity index is 4.22. The van der Waals surface area contributed by atoms with Gasteiger partial charge < -0.3 is 0 Å². The van der Waals surface area contributed by atoms with Crippen LogP contribution in [0.3, 0.4) is 0 Å². The van der Waals surface area contributed by atoms with E-state index in [1.165, 1.54) is 6.26 Å². The van der Waals surface area contributed by atoms with Crippen molar-refractivity contribution in [3.63, 3.8) is 0 Å². The molecule has 0 fully saturated rings. The van der Waals surface area contributed by atoms with Crippen LogP contribution in [0.1, 0.15) is 13.3 Å². The zero-order valence-corrected chi connectivity index (χ0v) is 9.82. The molecule has 5 nitrogen and oxygen atoms in total. The summed E-state index contributed by atoms with van der Waals surface area (Å²) < 4.78 is 35.6. The predicted octanol–water partition coefficient (Wildman–Crippen LogP) is -0.414. The van der Waals surface area contributed by atoms with E-state index in [1.54, 1.807) is 13.0 Å². The Bertz CT molecular complexity index is 331. The minimum Gasteiger partial charge on any atom is -0.260 e. The maximum Gasteiger partial charge on any atom is 0.227 e. The normalized spacial score (nSPS) is 15.8. The highest BCUT2D eigenvalue weighted by Crippen LogP contribution is 2.01. The zero-order valence-electron chi connectivity index (χ0n) is 8.19. The molecular weight excluding hydrogens is 224 g/mol. The lowest BCUT2D eigenvalue weighted by Gasteiger charge is -2.08. The van der Waals surface area contributed by atoms with Crippen molar-refractivity contribution in [2.24, 2.45) is 0 Å². The molecule has 0 bridgehead atoms. The molecule has 82 valence electrons. The number of nitrogens with one attached hydrogen (secondary N) is 1. The van der Waals surface area contributed by atoms with Gasteiger partial charge in [-0.2, -0.15) is 5.26 Å². The van der Waals surface area contributed by atoms with Crippen LogP contribution in [0.2, 0.25) is 0 Å². The van der Waals surface area contributed by atoms with Gasteiger partial charge in [0.05, 0.1) is 6.07 Å². The van der Waals surface area contributed by atoms with Crippen molar-refractivity contribution in [3.8, 4) is 6.07 Å². The first kappa shape index (κ1) is 13.5. The van der Waals surface area contributed by atoms with E-state index in [2.05, 4.69) is 4.72 Å². The molecule has 2 unspecified atom stereocenters. The van der Waals surface area contributed by atoms with Crippen LogP contribution < -0.4 is 4.72 Å². The summed E-state index contributed by atoms with van der Waals surface area (Å²) in [5.41, 5.74) is 0. The van der Waals surface area contributed by atoms with Gasteiger partial charge in [0.15, 0.2) is 5.25 Å². The van der Waals surface area contributed by atoms with E-state index < -0.39 is 26.1 Å². The summed E-state index contributed by atoms with van der Waals surface area (Å²) in [6, 6.07) is 1.70. The van der Waals surface area contributed by atoms with Crippen molar-refractivity contribution < 1.29 is 12.6 Å². The largest absolute Gasteiger partial charge is 0.260 e. The molecule has 0 aliphatic heterocycles. The summed E-state index contributed by atoms with van der Waals surface area (Å²) in [6.07, 6.45) is 1.75. The lowest BCUT2D eigenvalue weighted by atomic mass is 10.4. The first-order valence-electron chi connectivity index (χ1n) is 4.12. The van der Waals surface area contributed by atoms with Crippen LogP contribution in [-0.4, -0.2) is 36.4 Å². The van der Waals surface area contributed by atoms with Gasteiger partial charge in [0, 0.05) is 29.4 Å². The van der Waals surface area contributed by atoms with Gasteiger partial charge in [0.2, 0.25) is 10.0 Å². The molecule has 7 heteroatoms. The van der Waals surface area contributed by atoms with Crippen LogP contribution in [0.15, 0.2) is 0 Å². The second-order valence-electron chi connectivity index (χ2n) is 2.74. The molecule has 0 amide bonds. The summed E-state index contributed by atoms with van der Waals surface area (Å²) in [7, 11) is -4.59. The highest BCUT2D eigenvalue weighted by atomic mass is 32.2. The van der Waals surface area contributed by atoms with E-state index in [0.29, 0.717) is 0 Å². The second kappa shape index (κ2) is 6.11. The topological polar surface area (TPSA) is 87.0 Å². The van der Waals surface area contributed by atoms with Crippen molar-refractivity contribution in [1.29, 1.82) is 5.26 Å². The monoisotopic (exact) mass is 238 g/mol. The molecule has 14 heavy (non-hydrogen) atoms. The summed E-state index contributed by atoms with van der Waals surface area (Å²) >= 11 is 0. The van der Waals surface area contributed by atoms with Crippen LogP contribution in [-0.2, 0) is 20.8 Å². The lowest BCUT2D eigenvalue weighted by Crippen LogP contribution is -2.35. The number of nitrogens with zero attached hydrogens (tertiary/aromatic N) is 1. The quantitative estimate of drug-likeness (QED) is 0.681. The van der Waals surface area contributed by atoms with E-state index in [9.17, 15) is 12.6 Å². The first-order chi connectivity index (χ1) is 6.44. The van der Waals surface area contributed by atoms with Crippen LogP contribution in [0, 0.1) is 11.3 Å². The molecule has 0 aliphatic carbocycles. The van der Waals surface area contributed by atoms with E-state index >= 15 is 0 Å². The fourth-order valence-corrected chi connectivity index (χ4v) is 2.49. The predicted molar refractivity (Wildman–Crippen MR) is 55.5 cm³/mol. The lowest BCUT2D eigenvalue weighted by molar-refractivity contribution is 0.575. The first-order valence-corrected chi connectivity index (χ1v) is 7.39. The van der Waals surface area contributed by atoms with Gasteiger partial charge in [-0.1, -0.05) is 6.92 Å². The SMILES string of the molecule is CCC(C#N)S(=O)(=O)NCCS(C)=O. The number of rotatable bonds is 6. The van der Waals surface area contributed by atoms with Crippen molar-refractivity contribution in [1.82, 2.24) is 4.72 Å². The Labute approximate surface area is 87.0 Å². The molecule has 0 saturated heterocycles. The number of nitriles is 1. The molecule has 0 aliphatic rings. The number of hydrogen-bond acceptors (Lipinski definition) is 4. The van der Waals surface area contributed by atoms with E-state index in [0.717, 1.165) is 0 Å². The van der Waals surface area contributed by atoms with Crippen LogP contribution in [0.5, 0.6) is 0 Å². The molecule has 0 aromatic carbocycles. The molecule has 0 radical (unpaired) electrons. The summed E-state index contributed by atoms with van der Waals surface area (Å²) in [4.78, 5) is 0. The number of sulfonamides is 1. The zero-order chi connectivity index (χ0) is 11.2. The molecular formula is C7H14N2O3S2.